The van der Waals surface area contributed by atoms with E-state index < -0.39 is 0 Å². The molecule has 0 saturated heterocycles. The smallest absolute Gasteiger partial charge is 0.157 e. The van der Waals surface area contributed by atoms with Crippen molar-refractivity contribution < 1.29 is 0 Å². The van der Waals surface area contributed by atoms with Gasteiger partial charge in [-0.15, -0.1) is 5.10 Å². The molecule has 0 aliphatic carbocycles. The molecule has 0 aliphatic rings. The van der Waals surface area contributed by atoms with Crippen molar-refractivity contribution in [1.29, 1.82) is 0 Å². The molecule has 0 fully saturated rings. The highest BCUT2D eigenvalue weighted by Crippen LogP contribution is 2.21. The first kappa shape index (κ1) is 13.0. The van der Waals surface area contributed by atoms with Gasteiger partial charge in [-0.25, -0.2) is 9.97 Å². The zero-order chi connectivity index (χ0) is 15.9. The fourth-order valence-electron chi connectivity index (χ4n) is 2.79. The summed E-state index contributed by atoms with van der Waals surface area (Å²) in [4.78, 5) is 12.6. The Morgan fingerprint density at radius 1 is 0.750 bits per heavy atom. The number of fused-ring (bicyclic) bond motifs is 2. The van der Waals surface area contributed by atoms with Crippen LogP contribution in [0.15, 0.2) is 66.7 Å². The van der Waals surface area contributed by atoms with Gasteiger partial charge in [0.05, 0.1) is 16.6 Å². The Balaban J connectivity index is 1.66. The number of aromatic nitrogens is 6. The highest BCUT2D eigenvalue weighted by molar-refractivity contribution is 5.79. The summed E-state index contributed by atoms with van der Waals surface area (Å²) < 4.78 is 1.74. The molecule has 0 radical (unpaired) electrons. The van der Waals surface area contributed by atoms with Crippen LogP contribution >= 0.6 is 0 Å². The number of hydrogen-bond donors (Lipinski definition) is 1. The summed E-state index contributed by atoms with van der Waals surface area (Å²) in [6.07, 6.45) is 0. The van der Waals surface area contributed by atoms with Gasteiger partial charge in [-0.1, -0.05) is 35.5 Å². The number of aromatic amines is 1. The maximum Gasteiger partial charge on any atom is 0.157 e. The summed E-state index contributed by atoms with van der Waals surface area (Å²) in [7, 11) is 0. The Hall–Kier alpha value is -3.54. The van der Waals surface area contributed by atoms with E-state index in [4.69, 9.17) is 4.98 Å². The standard InChI is InChI=1S/C18H12N6/c1-2-7-13-12(6-1)20-18(21-13)15-9-5-11-17(19-15)24-16-10-4-3-8-14(16)22-23-24/h1-11H,(H,20,21). The molecular weight excluding hydrogens is 300 g/mol. The highest BCUT2D eigenvalue weighted by Gasteiger charge is 2.10. The number of pyridine rings is 1. The predicted octanol–water partition coefficient (Wildman–Crippen LogP) is 3.36. The Labute approximate surface area is 136 Å². The van der Waals surface area contributed by atoms with Crippen LogP contribution in [-0.2, 0) is 0 Å². The van der Waals surface area contributed by atoms with E-state index in [0.29, 0.717) is 5.82 Å². The van der Waals surface area contributed by atoms with Gasteiger partial charge < -0.3 is 4.98 Å². The summed E-state index contributed by atoms with van der Waals surface area (Å²) in [6, 6.07) is 21.5. The van der Waals surface area contributed by atoms with Gasteiger partial charge in [0.2, 0.25) is 0 Å². The van der Waals surface area contributed by atoms with E-state index in [1.54, 1.807) is 4.68 Å². The van der Waals surface area contributed by atoms with Crippen molar-refractivity contribution in [2.75, 3.05) is 0 Å². The Kier molecular flexibility index (Phi) is 2.69. The minimum absolute atomic E-state index is 0.710. The lowest BCUT2D eigenvalue weighted by molar-refractivity contribution is 0.802. The largest absolute Gasteiger partial charge is 0.337 e. The number of nitrogens with one attached hydrogen (secondary N) is 1. The molecule has 5 rings (SSSR count). The zero-order valence-electron chi connectivity index (χ0n) is 12.6. The van der Waals surface area contributed by atoms with E-state index in [0.717, 1.165) is 33.6 Å². The molecule has 0 spiro atoms. The predicted molar refractivity (Wildman–Crippen MR) is 91.7 cm³/mol. The van der Waals surface area contributed by atoms with Crippen LogP contribution in [0, 0.1) is 0 Å². The molecule has 0 aliphatic heterocycles. The molecule has 0 amide bonds. The number of benzene rings is 2. The third kappa shape index (κ3) is 1.97. The second kappa shape index (κ2) is 4.99. The second-order valence-electron chi connectivity index (χ2n) is 5.47. The normalized spacial score (nSPS) is 11.3. The molecule has 1 N–H and O–H groups in total. The topological polar surface area (TPSA) is 72.3 Å². The van der Waals surface area contributed by atoms with E-state index in [1.165, 1.54) is 0 Å². The van der Waals surface area contributed by atoms with Crippen molar-refractivity contribution >= 4 is 22.1 Å². The summed E-state index contributed by atoms with van der Waals surface area (Å²) in [5, 5.41) is 8.40. The van der Waals surface area contributed by atoms with Gasteiger partial charge in [0, 0.05) is 0 Å². The summed E-state index contributed by atoms with van der Waals surface area (Å²) in [5.74, 6) is 1.45. The summed E-state index contributed by atoms with van der Waals surface area (Å²) in [6.45, 7) is 0. The van der Waals surface area contributed by atoms with E-state index in [-0.39, 0.29) is 0 Å². The van der Waals surface area contributed by atoms with Crippen LogP contribution in [0.5, 0.6) is 0 Å². The van der Waals surface area contributed by atoms with Gasteiger partial charge in [-0.05, 0) is 36.4 Å². The fourth-order valence-corrected chi connectivity index (χ4v) is 2.79. The SMILES string of the molecule is c1cc(-c2nc3ccccc3[nH]2)nc(-n2nnc3ccccc32)c1. The van der Waals surface area contributed by atoms with Crippen molar-refractivity contribution in [3.8, 4) is 17.3 Å². The fraction of sp³-hybridized carbons (Fsp3) is 0. The number of imidazole rings is 1. The molecular formula is C18H12N6. The molecule has 0 saturated carbocycles. The average Bonchev–Trinajstić information content (AvgIpc) is 3.26. The van der Waals surface area contributed by atoms with Gasteiger partial charge in [0.15, 0.2) is 11.6 Å². The number of hydrogen-bond acceptors (Lipinski definition) is 4. The zero-order valence-corrected chi connectivity index (χ0v) is 12.6. The number of H-pyrrole nitrogens is 1. The molecule has 5 aromatic rings. The minimum atomic E-state index is 0.710. The van der Waals surface area contributed by atoms with Gasteiger partial charge in [-0.2, -0.15) is 4.68 Å². The number of nitrogens with zero attached hydrogens (tertiary/aromatic N) is 5. The van der Waals surface area contributed by atoms with Crippen molar-refractivity contribution in [3.05, 3.63) is 66.7 Å². The monoisotopic (exact) mass is 312 g/mol. The molecule has 3 aromatic heterocycles. The van der Waals surface area contributed by atoms with Crippen LogP contribution in [0.25, 0.3) is 39.4 Å². The Morgan fingerprint density at radius 3 is 2.50 bits per heavy atom. The van der Waals surface area contributed by atoms with Crippen LogP contribution < -0.4 is 0 Å². The maximum atomic E-state index is 4.70. The maximum absolute atomic E-state index is 4.70. The lowest BCUT2D eigenvalue weighted by Gasteiger charge is -2.03. The molecule has 0 bridgehead atoms. The minimum Gasteiger partial charge on any atom is -0.337 e. The van der Waals surface area contributed by atoms with E-state index in [2.05, 4.69) is 20.3 Å². The van der Waals surface area contributed by atoms with Crippen LogP contribution in [-0.4, -0.2) is 29.9 Å². The Bertz CT molecular complexity index is 1140. The van der Waals surface area contributed by atoms with Gasteiger partial charge in [0.25, 0.3) is 0 Å². The van der Waals surface area contributed by atoms with Crippen molar-refractivity contribution in [2.24, 2.45) is 0 Å². The van der Waals surface area contributed by atoms with Crippen LogP contribution in [0.3, 0.4) is 0 Å². The first-order valence-corrected chi connectivity index (χ1v) is 7.61. The van der Waals surface area contributed by atoms with Crippen LogP contribution in [0.2, 0.25) is 0 Å². The van der Waals surface area contributed by atoms with E-state index >= 15 is 0 Å². The molecule has 0 atom stereocenters. The molecule has 6 nitrogen and oxygen atoms in total. The molecule has 2 aromatic carbocycles. The first-order valence-electron chi connectivity index (χ1n) is 7.61. The molecule has 6 heteroatoms. The van der Waals surface area contributed by atoms with Gasteiger partial charge in [-0.3, -0.25) is 0 Å². The third-order valence-corrected chi connectivity index (χ3v) is 3.94. The second-order valence-corrected chi connectivity index (χ2v) is 5.47. The lowest BCUT2D eigenvalue weighted by Crippen LogP contribution is -2.00. The van der Waals surface area contributed by atoms with Gasteiger partial charge in [0.1, 0.15) is 11.2 Å². The van der Waals surface area contributed by atoms with Crippen molar-refractivity contribution in [2.45, 2.75) is 0 Å². The quantitative estimate of drug-likeness (QED) is 0.542. The van der Waals surface area contributed by atoms with Crippen LogP contribution in [0.4, 0.5) is 0 Å². The van der Waals surface area contributed by atoms with Crippen molar-refractivity contribution in [1.82, 2.24) is 29.9 Å². The summed E-state index contributed by atoms with van der Waals surface area (Å²) >= 11 is 0. The third-order valence-electron chi connectivity index (χ3n) is 3.94. The summed E-state index contributed by atoms with van der Waals surface area (Å²) in [5.41, 5.74) is 4.44. The average molecular weight is 312 g/mol. The molecule has 3 heterocycles. The van der Waals surface area contributed by atoms with Crippen LogP contribution in [0.1, 0.15) is 0 Å². The number of para-hydroxylation sites is 3. The molecule has 24 heavy (non-hydrogen) atoms. The Morgan fingerprint density at radius 2 is 1.58 bits per heavy atom. The first-order chi connectivity index (χ1) is 11.9. The number of rotatable bonds is 2. The van der Waals surface area contributed by atoms with E-state index in [9.17, 15) is 0 Å². The molecule has 0 unspecified atom stereocenters. The van der Waals surface area contributed by atoms with Crippen molar-refractivity contribution in [3.63, 3.8) is 0 Å². The highest BCUT2D eigenvalue weighted by atomic mass is 15.4. The molecule has 114 valence electrons. The lowest BCUT2D eigenvalue weighted by atomic mass is 10.3. The van der Waals surface area contributed by atoms with E-state index in [1.807, 2.05) is 66.7 Å². The van der Waals surface area contributed by atoms with Gasteiger partial charge >= 0.3 is 0 Å².